The predicted octanol–water partition coefficient (Wildman–Crippen LogP) is 0.365. The fourth-order valence-corrected chi connectivity index (χ4v) is 2.12. The summed E-state index contributed by atoms with van der Waals surface area (Å²) in [5, 5.41) is 10.2. The fourth-order valence-electron chi connectivity index (χ4n) is 0.869. The highest BCUT2D eigenvalue weighted by atomic mass is 127. The SMILES string of the molecule is N#CN/C(N)=N/S(=O)(=O)c1ccc(I)cc1. The van der Waals surface area contributed by atoms with Gasteiger partial charge in [-0.05, 0) is 46.9 Å². The number of hydrogen-bond donors (Lipinski definition) is 2. The van der Waals surface area contributed by atoms with Crippen LogP contribution in [0, 0.1) is 15.0 Å². The topological polar surface area (TPSA) is 108 Å². The van der Waals surface area contributed by atoms with Crippen LogP contribution in [-0.4, -0.2) is 14.4 Å². The van der Waals surface area contributed by atoms with Crippen molar-refractivity contribution in [2.24, 2.45) is 10.1 Å². The molecule has 0 aliphatic heterocycles. The van der Waals surface area contributed by atoms with E-state index in [2.05, 4.69) is 27.0 Å². The molecule has 1 aromatic rings. The van der Waals surface area contributed by atoms with Crippen molar-refractivity contribution in [2.45, 2.75) is 4.90 Å². The summed E-state index contributed by atoms with van der Waals surface area (Å²) < 4.78 is 27.4. The van der Waals surface area contributed by atoms with E-state index >= 15 is 0 Å². The molecule has 0 heterocycles. The van der Waals surface area contributed by atoms with Gasteiger partial charge in [0.2, 0.25) is 5.96 Å². The summed E-state index contributed by atoms with van der Waals surface area (Å²) in [4.78, 5) is 0.0237. The Bertz CT molecular complexity index is 544. The van der Waals surface area contributed by atoms with E-state index in [0.717, 1.165) is 3.57 Å². The van der Waals surface area contributed by atoms with Crippen molar-refractivity contribution >= 4 is 38.6 Å². The maximum atomic E-state index is 11.6. The van der Waals surface area contributed by atoms with Gasteiger partial charge in [-0.2, -0.15) is 13.7 Å². The molecule has 0 amide bonds. The number of benzene rings is 1. The number of rotatable bonds is 2. The highest BCUT2D eigenvalue weighted by molar-refractivity contribution is 14.1. The molecule has 16 heavy (non-hydrogen) atoms. The van der Waals surface area contributed by atoms with Crippen molar-refractivity contribution in [2.75, 3.05) is 0 Å². The molecule has 0 radical (unpaired) electrons. The lowest BCUT2D eigenvalue weighted by molar-refractivity contribution is 0.598. The standard InChI is InChI=1S/C8H7IN4O2S/c9-6-1-3-7(4-2-6)16(14,15)13-8(11)12-5-10/h1-4H,(H3,11,12,13). The number of guanidine groups is 1. The Labute approximate surface area is 106 Å². The van der Waals surface area contributed by atoms with Gasteiger partial charge in [-0.15, -0.1) is 4.40 Å². The maximum absolute atomic E-state index is 11.6. The van der Waals surface area contributed by atoms with Crippen LogP contribution in [-0.2, 0) is 10.0 Å². The molecular formula is C8H7IN4O2S. The zero-order valence-electron chi connectivity index (χ0n) is 7.88. The van der Waals surface area contributed by atoms with Crippen LogP contribution in [0.1, 0.15) is 0 Å². The van der Waals surface area contributed by atoms with Crippen LogP contribution in [0.5, 0.6) is 0 Å². The van der Waals surface area contributed by atoms with Gasteiger partial charge in [-0.3, -0.25) is 5.32 Å². The molecule has 3 N–H and O–H groups in total. The van der Waals surface area contributed by atoms with Gasteiger partial charge in [0.05, 0.1) is 4.90 Å². The molecule has 0 saturated carbocycles. The molecule has 6 nitrogen and oxygen atoms in total. The monoisotopic (exact) mass is 350 g/mol. The number of nitriles is 1. The van der Waals surface area contributed by atoms with E-state index in [4.69, 9.17) is 11.0 Å². The summed E-state index contributed by atoms with van der Waals surface area (Å²) in [6.45, 7) is 0. The maximum Gasteiger partial charge on any atom is 0.285 e. The van der Waals surface area contributed by atoms with Crippen molar-refractivity contribution in [3.63, 3.8) is 0 Å². The van der Waals surface area contributed by atoms with E-state index in [-0.39, 0.29) is 4.90 Å². The molecule has 0 fully saturated rings. The van der Waals surface area contributed by atoms with Gasteiger partial charge >= 0.3 is 0 Å². The van der Waals surface area contributed by atoms with Crippen molar-refractivity contribution in [1.82, 2.24) is 5.32 Å². The molecule has 84 valence electrons. The first-order valence-electron chi connectivity index (χ1n) is 3.97. The van der Waals surface area contributed by atoms with Crippen LogP contribution in [0.25, 0.3) is 0 Å². The molecule has 0 atom stereocenters. The van der Waals surface area contributed by atoms with Crippen LogP contribution in [0.4, 0.5) is 0 Å². The van der Waals surface area contributed by atoms with Crippen LogP contribution in [0.2, 0.25) is 0 Å². The number of nitrogens with zero attached hydrogens (tertiary/aromatic N) is 2. The molecule has 0 saturated heterocycles. The van der Waals surface area contributed by atoms with Crippen molar-refractivity contribution in [3.05, 3.63) is 27.8 Å². The number of nitrogens with two attached hydrogens (primary N) is 1. The van der Waals surface area contributed by atoms with E-state index in [1.54, 1.807) is 12.1 Å². The zero-order chi connectivity index (χ0) is 12.2. The summed E-state index contributed by atoms with van der Waals surface area (Å²) >= 11 is 2.05. The molecule has 0 spiro atoms. The van der Waals surface area contributed by atoms with Crippen molar-refractivity contribution in [3.8, 4) is 6.19 Å². The third kappa shape index (κ3) is 3.35. The molecule has 0 bridgehead atoms. The van der Waals surface area contributed by atoms with E-state index in [9.17, 15) is 8.42 Å². The van der Waals surface area contributed by atoms with Crippen LogP contribution in [0.15, 0.2) is 33.6 Å². The first kappa shape index (κ1) is 12.7. The fraction of sp³-hybridized carbons (Fsp3) is 0. The Morgan fingerprint density at radius 1 is 1.44 bits per heavy atom. The number of nitrogens with one attached hydrogen (secondary N) is 1. The second-order valence-electron chi connectivity index (χ2n) is 2.64. The number of halogens is 1. The quantitative estimate of drug-likeness (QED) is 0.263. The van der Waals surface area contributed by atoms with E-state index in [0.29, 0.717) is 0 Å². The normalized spacial score (nSPS) is 11.9. The van der Waals surface area contributed by atoms with Crippen molar-refractivity contribution in [1.29, 1.82) is 5.26 Å². The lowest BCUT2D eigenvalue weighted by Gasteiger charge is -2.00. The molecule has 8 heteroatoms. The van der Waals surface area contributed by atoms with E-state index < -0.39 is 16.0 Å². The lowest BCUT2D eigenvalue weighted by atomic mass is 10.4. The zero-order valence-corrected chi connectivity index (χ0v) is 10.9. The average Bonchev–Trinajstić information content (AvgIpc) is 2.17. The minimum absolute atomic E-state index is 0.0237. The smallest absolute Gasteiger partial charge is 0.285 e. The van der Waals surface area contributed by atoms with Gasteiger partial charge in [-0.1, -0.05) is 0 Å². The Kier molecular flexibility index (Phi) is 4.08. The minimum atomic E-state index is -3.85. The molecule has 0 unspecified atom stereocenters. The average molecular weight is 350 g/mol. The second-order valence-corrected chi connectivity index (χ2v) is 5.49. The summed E-state index contributed by atoms with van der Waals surface area (Å²) in [7, 11) is -3.85. The summed E-state index contributed by atoms with van der Waals surface area (Å²) in [6.07, 6.45) is 1.48. The Morgan fingerprint density at radius 2 is 2.00 bits per heavy atom. The Hall–Kier alpha value is -1.34. The van der Waals surface area contributed by atoms with Crippen LogP contribution < -0.4 is 11.1 Å². The summed E-state index contributed by atoms with van der Waals surface area (Å²) in [6, 6.07) is 6.11. The second kappa shape index (κ2) is 5.13. The van der Waals surface area contributed by atoms with Gasteiger partial charge in [0.15, 0.2) is 6.19 Å². The molecule has 1 aromatic carbocycles. The Balaban J connectivity index is 3.09. The molecule has 0 aliphatic rings. The van der Waals surface area contributed by atoms with E-state index in [1.807, 2.05) is 5.32 Å². The molecular weight excluding hydrogens is 343 g/mol. The van der Waals surface area contributed by atoms with Gasteiger partial charge in [-0.25, -0.2) is 0 Å². The van der Waals surface area contributed by atoms with Gasteiger partial charge < -0.3 is 5.73 Å². The predicted molar refractivity (Wildman–Crippen MR) is 66.7 cm³/mol. The minimum Gasteiger partial charge on any atom is -0.368 e. The van der Waals surface area contributed by atoms with Crippen LogP contribution in [0.3, 0.4) is 0 Å². The Morgan fingerprint density at radius 3 is 2.50 bits per heavy atom. The molecule has 0 aromatic heterocycles. The summed E-state index contributed by atoms with van der Waals surface area (Å²) in [5.74, 6) is -0.457. The first-order chi connectivity index (χ1) is 7.45. The molecule has 1 rings (SSSR count). The number of hydrogen-bond acceptors (Lipinski definition) is 3. The third-order valence-corrected chi connectivity index (χ3v) is 3.54. The molecule has 0 aliphatic carbocycles. The lowest BCUT2D eigenvalue weighted by Crippen LogP contribution is -2.28. The largest absolute Gasteiger partial charge is 0.368 e. The highest BCUT2D eigenvalue weighted by Crippen LogP contribution is 2.14. The number of sulfonamides is 1. The summed E-state index contributed by atoms with van der Waals surface area (Å²) in [5.41, 5.74) is 5.17. The van der Waals surface area contributed by atoms with Gasteiger partial charge in [0.1, 0.15) is 0 Å². The van der Waals surface area contributed by atoms with Gasteiger partial charge in [0, 0.05) is 3.57 Å². The van der Waals surface area contributed by atoms with Crippen LogP contribution >= 0.6 is 22.6 Å². The first-order valence-corrected chi connectivity index (χ1v) is 6.49. The third-order valence-electron chi connectivity index (χ3n) is 1.51. The van der Waals surface area contributed by atoms with Gasteiger partial charge in [0.25, 0.3) is 10.0 Å². The van der Waals surface area contributed by atoms with Crippen molar-refractivity contribution < 1.29 is 8.42 Å². The highest BCUT2D eigenvalue weighted by Gasteiger charge is 2.12. The van der Waals surface area contributed by atoms with E-state index in [1.165, 1.54) is 18.3 Å².